The molecule has 2 heterocycles. The number of hydrogen-bond donors (Lipinski definition) is 1. The minimum atomic E-state index is -0.106. The third-order valence-electron chi connectivity index (χ3n) is 5.54. The fraction of sp³-hybridized carbons (Fsp3) is 0.435. The average Bonchev–Trinajstić information content (AvgIpc) is 2.75. The summed E-state index contributed by atoms with van der Waals surface area (Å²) in [5.41, 5.74) is 1.82. The molecule has 30 heavy (non-hydrogen) atoms. The molecule has 1 aromatic heterocycles. The maximum absolute atomic E-state index is 12.9. The lowest BCUT2D eigenvalue weighted by molar-refractivity contribution is -0.121. The first kappa shape index (κ1) is 22.3. The van der Waals surface area contributed by atoms with Crippen LogP contribution in [0.25, 0.3) is 0 Å². The van der Waals surface area contributed by atoms with Gasteiger partial charge in [0.2, 0.25) is 5.91 Å². The van der Waals surface area contributed by atoms with Gasteiger partial charge in [0.05, 0.1) is 0 Å². The summed E-state index contributed by atoms with van der Waals surface area (Å²) < 4.78 is 0.868. The first-order valence-corrected chi connectivity index (χ1v) is 11.3. The molecule has 0 aliphatic carbocycles. The Morgan fingerprint density at radius 1 is 1.17 bits per heavy atom. The highest BCUT2D eigenvalue weighted by Gasteiger charge is 2.28. The second-order valence-electron chi connectivity index (χ2n) is 7.84. The molecule has 0 spiro atoms. The van der Waals surface area contributed by atoms with Crippen molar-refractivity contribution in [3.05, 3.63) is 52.6 Å². The molecule has 160 valence electrons. The summed E-state index contributed by atoms with van der Waals surface area (Å²) in [4.78, 5) is 33.7. The predicted octanol–water partition coefficient (Wildman–Crippen LogP) is 4.57. The van der Waals surface area contributed by atoms with E-state index in [2.05, 4.69) is 51.9 Å². The molecule has 1 aromatic carbocycles. The van der Waals surface area contributed by atoms with Crippen molar-refractivity contribution >= 4 is 39.2 Å². The summed E-state index contributed by atoms with van der Waals surface area (Å²) >= 11 is 3.33. The van der Waals surface area contributed by atoms with Gasteiger partial charge in [-0.25, -0.2) is 4.98 Å². The lowest BCUT2D eigenvalue weighted by Crippen LogP contribution is -2.41. The summed E-state index contributed by atoms with van der Waals surface area (Å²) in [6.07, 6.45) is 2.97. The summed E-state index contributed by atoms with van der Waals surface area (Å²) in [5.74, 6) is 0.438. The van der Waals surface area contributed by atoms with Crippen LogP contribution >= 0.6 is 15.9 Å². The van der Waals surface area contributed by atoms with Crippen molar-refractivity contribution in [1.82, 2.24) is 9.88 Å². The Kier molecular flexibility index (Phi) is 7.48. The Balaban J connectivity index is 1.54. The summed E-state index contributed by atoms with van der Waals surface area (Å²) in [6.45, 7) is 8.55. The molecule has 0 radical (unpaired) electrons. The summed E-state index contributed by atoms with van der Waals surface area (Å²) in [5, 5.41) is 2.87. The molecular weight excluding hydrogens is 444 g/mol. The van der Waals surface area contributed by atoms with Crippen LogP contribution in [0.2, 0.25) is 0 Å². The van der Waals surface area contributed by atoms with Crippen molar-refractivity contribution in [2.24, 2.45) is 5.92 Å². The van der Waals surface area contributed by atoms with Crippen LogP contribution in [0.4, 0.5) is 11.5 Å². The van der Waals surface area contributed by atoms with Crippen LogP contribution in [-0.4, -0.2) is 47.4 Å². The van der Waals surface area contributed by atoms with Crippen molar-refractivity contribution < 1.29 is 9.59 Å². The van der Waals surface area contributed by atoms with Crippen molar-refractivity contribution in [1.29, 1.82) is 0 Å². The Morgan fingerprint density at radius 3 is 2.37 bits per heavy atom. The molecule has 1 aliphatic heterocycles. The number of halogens is 1. The molecule has 1 aliphatic rings. The van der Waals surface area contributed by atoms with Gasteiger partial charge in [0.25, 0.3) is 5.91 Å². The van der Waals surface area contributed by atoms with Gasteiger partial charge in [0.1, 0.15) is 5.82 Å². The minimum Gasteiger partial charge on any atom is -0.369 e. The molecule has 2 amide bonds. The quantitative estimate of drug-likeness (QED) is 0.668. The zero-order valence-electron chi connectivity index (χ0n) is 17.8. The fourth-order valence-corrected chi connectivity index (χ4v) is 4.08. The van der Waals surface area contributed by atoms with Gasteiger partial charge in [-0.15, -0.1) is 0 Å². The Morgan fingerprint density at radius 2 is 1.83 bits per heavy atom. The molecule has 0 unspecified atom stereocenters. The highest BCUT2D eigenvalue weighted by molar-refractivity contribution is 9.10. The van der Waals surface area contributed by atoms with E-state index in [0.29, 0.717) is 43.4 Å². The van der Waals surface area contributed by atoms with Crippen LogP contribution in [0.3, 0.4) is 0 Å². The molecule has 3 rings (SSSR count). The van der Waals surface area contributed by atoms with Crippen LogP contribution in [0.1, 0.15) is 44.0 Å². The molecule has 1 saturated heterocycles. The zero-order chi connectivity index (χ0) is 21.7. The van der Waals surface area contributed by atoms with Crippen molar-refractivity contribution in [2.75, 3.05) is 29.9 Å². The number of pyridine rings is 1. The van der Waals surface area contributed by atoms with Crippen LogP contribution in [0.15, 0.2) is 47.1 Å². The van der Waals surface area contributed by atoms with Gasteiger partial charge in [-0.2, -0.15) is 0 Å². The number of anilines is 2. The number of rotatable bonds is 6. The summed E-state index contributed by atoms with van der Waals surface area (Å²) in [6, 6.07) is 11.9. The minimum absolute atomic E-state index is 0.0302. The van der Waals surface area contributed by atoms with Gasteiger partial charge in [-0.1, -0.05) is 0 Å². The van der Waals surface area contributed by atoms with Gasteiger partial charge < -0.3 is 15.1 Å². The van der Waals surface area contributed by atoms with Gasteiger partial charge in [0.15, 0.2) is 0 Å². The van der Waals surface area contributed by atoms with E-state index in [4.69, 9.17) is 0 Å². The number of amides is 2. The lowest BCUT2D eigenvalue weighted by Gasteiger charge is -2.31. The van der Waals surface area contributed by atoms with E-state index in [1.54, 1.807) is 12.3 Å². The molecule has 1 fully saturated rings. The van der Waals surface area contributed by atoms with E-state index in [1.807, 2.05) is 35.2 Å². The van der Waals surface area contributed by atoms with Crippen molar-refractivity contribution in [2.45, 2.75) is 39.7 Å². The summed E-state index contributed by atoms with van der Waals surface area (Å²) in [7, 11) is 0. The Labute approximate surface area is 186 Å². The highest BCUT2D eigenvalue weighted by atomic mass is 79.9. The van der Waals surface area contributed by atoms with E-state index >= 15 is 0 Å². The van der Waals surface area contributed by atoms with Crippen LogP contribution in [0, 0.1) is 5.92 Å². The van der Waals surface area contributed by atoms with Crippen LogP contribution < -0.4 is 10.2 Å². The van der Waals surface area contributed by atoms with Gasteiger partial charge in [-0.3, -0.25) is 9.59 Å². The maximum Gasteiger partial charge on any atom is 0.253 e. The third kappa shape index (κ3) is 5.39. The predicted molar refractivity (Wildman–Crippen MR) is 124 cm³/mol. The van der Waals surface area contributed by atoms with Gasteiger partial charge >= 0.3 is 0 Å². The smallest absolute Gasteiger partial charge is 0.253 e. The number of carbonyl (C=O) groups is 2. The topological polar surface area (TPSA) is 65.5 Å². The number of piperidine rings is 1. The average molecular weight is 473 g/mol. The number of carbonyl (C=O) groups excluding carboxylic acids is 2. The maximum atomic E-state index is 12.9. The van der Waals surface area contributed by atoms with Crippen molar-refractivity contribution in [3.63, 3.8) is 0 Å². The van der Waals surface area contributed by atoms with Crippen molar-refractivity contribution in [3.8, 4) is 0 Å². The zero-order valence-corrected chi connectivity index (χ0v) is 19.4. The Hall–Kier alpha value is -2.41. The number of likely N-dealkylation sites (tertiary alicyclic amines) is 1. The number of nitrogens with zero attached hydrogens (tertiary/aromatic N) is 3. The van der Waals surface area contributed by atoms with E-state index in [1.165, 1.54) is 0 Å². The number of benzene rings is 1. The molecule has 2 aromatic rings. The van der Waals surface area contributed by atoms with Crippen LogP contribution in [0.5, 0.6) is 0 Å². The first-order chi connectivity index (χ1) is 14.4. The highest BCUT2D eigenvalue weighted by Crippen LogP contribution is 2.23. The molecule has 6 nitrogen and oxygen atoms in total. The number of aromatic nitrogens is 1. The van der Waals surface area contributed by atoms with Gasteiger partial charge in [0, 0.05) is 53.5 Å². The van der Waals surface area contributed by atoms with E-state index in [9.17, 15) is 9.59 Å². The lowest BCUT2D eigenvalue weighted by atomic mass is 9.95. The molecule has 0 atom stereocenters. The second-order valence-corrected chi connectivity index (χ2v) is 8.76. The fourth-order valence-electron chi connectivity index (χ4n) is 3.85. The molecule has 7 heteroatoms. The number of hydrogen-bond acceptors (Lipinski definition) is 4. The normalized spacial score (nSPS) is 14.6. The molecule has 0 bridgehead atoms. The molecule has 0 saturated carbocycles. The Bertz CT molecular complexity index is 860. The van der Waals surface area contributed by atoms with E-state index in [0.717, 1.165) is 16.7 Å². The third-order valence-corrected chi connectivity index (χ3v) is 6.01. The standard InChI is InChI=1S/C23H29BrN4O2/c1-4-28(16(2)3)20-8-5-18(6-9-20)23(30)27-13-11-17(12-14-27)22(29)26-21-10-7-19(24)15-25-21/h5-10,15-17H,4,11-14H2,1-3H3,(H,25,26,29). The number of nitrogens with one attached hydrogen (secondary N) is 1. The van der Waals surface area contributed by atoms with E-state index < -0.39 is 0 Å². The largest absolute Gasteiger partial charge is 0.369 e. The monoisotopic (exact) mass is 472 g/mol. The molecular formula is C23H29BrN4O2. The SMILES string of the molecule is CCN(c1ccc(C(=O)N2CCC(C(=O)Nc3ccc(Br)cn3)CC2)cc1)C(C)C. The molecule has 1 N–H and O–H groups in total. The second kappa shape index (κ2) is 10.1. The van der Waals surface area contributed by atoms with Crippen LogP contribution in [-0.2, 0) is 4.79 Å². The van der Waals surface area contributed by atoms with E-state index in [-0.39, 0.29) is 17.7 Å². The first-order valence-electron chi connectivity index (χ1n) is 10.5. The van der Waals surface area contributed by atoms with Gasteiger partial charge in [-0.05, 0) is 85.9 Å².